The predicted octanol–water partition coefficient (Wildman–Crippen LogP) is 4.27. The summed E-state index contributed by atoms with van der Waals surface area (Å²) in [4.78, 5) is 0. The summed E-state index contributed by atoms with van der Waals surface area (Å²) in [5, 5.41) is 0.936. The second kappa shape index (κ2) is 13.3. The van der Waals surface area contributed by atoms with Gasteiger partial charge in [0.2, 0.25) is 0 Å². The van der Waals surface area contributed by atoms with E-state index in [1.54, 1.807) is 0 Å². The van der Waals surface area contributed by atoms with Gasteiger partial charge in [0, 0.05) is 5.33 Å². The van der Waals surface area contributed by atoms with Crippen LogP contribution in [0.5, 0.6) is 0 Å². The van der Waals surface area contributed by atoms with Gasteiger partial charge < -0.3 is 9.05 Å². The molecular formula is C8H20BrCl2O3P. The highest BCUT2D eigenvalue weighted by Gasteiger charge is 2.21. The second-order valence-electron chi connectivity index (χ2n) is 2.57. The molecule has 0 saturated heterocycles. The van der Waals surface area contributed by atoms with Crippen LogP contribution in [-0.2, 0) is 13.6 Å². The summed E-state index contributed by atoms with van der Waals surface area (Å²) in [5.41, 5.74) is 0. The summed E-state index contributed by atoms with van der Waals surface area (Å²) in [6, 6.07) is 0. The second-order valence-corrected chi connectivity index (χ2v) is 5.54. The summed E-state index contributed by atoms with van der Waals surface area (Å²) < 4.78 is 22.1. The predicted molar refractivity (Wildman–Crippen MR) is 73.2 cm³/mol. The Labute approximate surface area is 113 Å². The molecule has 0 unspecified atom stereocenters. The maximum atomic E-state index is 11.8. The van der Waals surface area contributed by atoms with Gasteiger partial charge in [-0.2, -0.15) is 0 Å². The smallest absolute Gasteiger partial charge is 0.309 e. The Morgan fingerprint density at radius 3 is 1.87 bits per heavy atom. The van der Waals surface area contributed by atoms with Crippen molar-refractivity contribution in [1.82, 2.24) is 0 Å². The van der Waals surface area contributed by atoms with E-state index in [0.29, 0.717) is 19.4 Å². The molecule has 0 saturated carbocycles. The van der Waals surface area contributed by atoms with Crippen LogP contribution in [0.25, 0.3) is 0 Å². The van der Waals surface area contributed by atoms with Gasteiger partial charge in [-0.15, -0.1) is 24.8 Å². The topological polar surface area (TPSA) is 35.5 Å². The van der Waals surface area contributed by atoms with E-state index < -0.39 is 7.60 Å². The Morgan fingerprint density at radius 2 is 1.53 bits per heavy atom. The molecule has 0 aliphatic heterocycles. The minimum absolute atomic E-state index is 0. The molecule has 0 aliphatic rings. The third-order valence-corrected chi connectivity index (χ3v) is 4.20. The van der Waals surface area contributed by atoms with Crippen LogP contribution in [0.1, 0.15) is 26.7 Å². The van der Waals surface area contributed by atoms with Gasteiger partial charge >= 0.3 is 7.60 Å². The zero-order valence-electron chi connectivity index (χ0n) is 9.11. The van der Waals surface area contributed by atoms with Crippen molar-refractivity contribution in [2.45, 2.75) is 26.7 Å². The lowest BCUT2D eigenvalue weighted by atomic mass is 10.4. The van der Waals surface area contributed by atoms with Gasteiger partial charge in [0.1, 0.15) is 0 Å². The van der Waals surface area contributed by atoms with E-state index >= 15 is 0 Å². The molecule has 0 spiro atoms. The van der Waals surface area contributed by atoms with Gasteiger partial charge in [-0.3, -0.25) is 4.57 Å². The van der Waals surface area contributed by atoms with E-state index in [9.17, 15) is 4.57 Å². The number of hydrogen-bond donors (Lipinski definition) is 0. The number of halogens is 3. The molecule has 0 aliphatic carbocycles. The minimum atomic E-state index is -2.77. The van der Waals surface area contributed by atoms with Gasteiger partial charge in [0.15, 0.2) is 0 Å². The Bertz CT molecular complexity index is 162. The first-order chi connectivity index (χ1) is 6.18. The van der Waals surface area contributed by atoms with Crippen molar-refractivity contribution in [2.75, 3.05) is 24.7 Å². The van der Waals surface area contributed by atoms with Crippen molar-refractivity contribution in [3.63, 3.8) is 0 Å². The summed E-state index contributed by atoms with van der Waals surface area (Å²) in [7, 11) is -2.77. The lowest BCUT2D eigenvalue weighted by Crippen LogP contribution is -2.00. The van der Waals surface area contributed by atoms with E-state index in [4.69, 9.17) is 9.05 Å². The molecule has 0 amide bonds. The van der Waals surface area contributed by atoms with Gasteiger partial charge in [-0.25, -0.2) is 0 Å². The molecule has 0 bridgehead atoms. The lowest BCUT2D eigenvalue weighted by Gasteiger charge is -2.16. The number of rotatable bonds is 8. The molecule has 0 aromatic carbocycles. The molecule has 0 atom stereocenters. The molecule has 0 rings (SSSR count). The molecule has 0 fully saturated rings. The average Bonchev–Trinajstić information content (AvgIpc) is 2.05. The first kappa shape index (κ1) is 21.5. The summed E-state index contributed by atoms with van der Waals surface area (Å²) in [6.45, 7) is 4.56. The Morgan fingerprint density at radius 1 is 1.07 bits per heavy atom. The highest BCUT2D eigenvalue weighted by atomic mass is 79.9. The van der Waals surface area contributed by atoms with Crippen molar-refractivity contribution in [3.8, 4) is 0 Å². The number of hydrogen-bond acceptors (Lipinski definition) is 3. The summed E-state index contributed by atoms with van der Waals surface area (Å²) in [5.74, 6) is 0. The van der Waals surface area contributed by atoms with Gasteiger partial charge in [0.25, 0.3) is 0 Å². The Kier molecular flexibility index (Phi) is 19.0. The highest BCUT2D eigenvalue weighted by molar-refractivity contribution is 9.09. The largest absolute Gasteiger partial charge is 0.330 e. The van der Waals surface area contributed by atoms with Gasteiger partial charge in [0.05, 0.1) is 19.4 Å². The maximum Gasteiger partial charge on any atom is 0.330 e. The zero-order valence-corrected chi connectivity index (χ0v) is 13.2. The summed E-state index contributed by atoms with van der Waals surface area (Å²) in [6.07, 6.45) is 2.41. The molecule has 7 heteroatoms. The third kappa shape index (κ3) is 11.5. The molecule has 3 nitrogen and oxygen atoms in total. The third-order valence-electron chi connectivity index (χ3n) is 1.47. The fraction of sp³-hybridized carbons (Fsp3) is 1.00. The van der Waals surface area contributed by atoms with Crippen LogP contribution in [0, 0.1) is 0 Å². The standard InChI is InChI=1S/C8H18BrO3P.2ClH/c1-3-11-13(10,12-4-2)8-6-5-7-9;;/h3-8H2,1-2H3;2*1H. The van der Waals surface area contributed by atoms with E-state index in [0.717, 1.165) is 18.2 Å². The monoisotopic (exact) mass is 344 g/mol. The maximum absolute atomic E-state index is 11.8. The molecule has 0 heterocycles. The van der Waals surface area contributed by atoms with Crippen LogP contribution in [0.3, 0.4) is 0 Å². The fourth-order valence-electron chi connectivity index (χ4n) is 0.960. The lowest BCUT2D eigenvalue weighted by molar-refractivity contribution is 0.219. The average molecular weight is 346 g/mol. The highest BCUT2D eigenvalue weighted by Crippen LogP contribution is 2.48. The molecular weight excluding hydrogens is 326 g/mol. The quantitative estimate of drug-likeness (QED) is 0.374. The van der Waals surface area contributed by atoms with E-state index in [2.05, 4.69) is 15.9 Å². The molecule has 0 radical (unpaired) electrons. The van der Waals surface area contributed by atoms with Crippen LogP contribution in [-0.4, -0.2) is 24.7 Å². The van der Waals surface area contributed by atoms with Crippen LogP contribution >= 0.6 is 48.3 Å². The molecule has 0 N–H and O–H groups in total. The van der Waals surface area contributed by atoms with Crippen LogP contribution < -0.4 is 0 Å². The first-order valence-electron chi connectivity index (χ1n) is 4.62. The fourth-order valence-corrected chi connectivity index (χ4v) is 3.09. The van der Waals surface area contributed by atoms with Crippen LogP contribution in [0.15, 0.2) is 0 Å². The normalized spacial score (nSPS) is 10.3. The van der Waals surface area contributed by atoms with Crippen molar-refractivity contribution in [1.29, 1.82) is 0 Å². The van der Waals surface area contributed by atoms with Crippen molar-refractivity contribution >= 4 is 48.3 Å². The van der Waals surface area contributed by atoms with Crippen molar-refractivity contribution < 1.29 is 13.6 Å². The minimum Gasteiger partial charge on any atom is -0.309 e. The molecule has 96 valence electrons. The Hall–Kier alpha value is 1.21. The number of alkyl halides is 1. The Balaban J connectivity index is -0.000000720. The van der Waals surface area contributed by atoms with Gasteiger partial charge in [-0.05, 0) is 26.7 Å². The van der Waals surface area contributed by atoms with E-state index in [1.807, 2.05) is 13.8 Å². The molecule has 0 aromatic rings. The van der Waals surface area contributed by atoms with Crippen molar-refractivity contribution in [2.24, 2.45) is 0 Å². The summed E-state index contributed by atoms with van der Waals surface area (Å²) >= 11 is 3.32. The SMILES string of the molecule is CCOP(=O)(CCCCBr)OCC.Cl.Cl. The van der Waals surface area contributed by atoms with E-state index in [1.165, 1.54) is 0 Å². The van der Waals surface area contributed by atoms with Crippen LogP contribution in [0.2, 0.25) is 0 Å². The van der Waals surface area contributed by atoms with E-state index in [-0.39, 0.29) is 24.8 Å². The van der Waals surface area contributed by atoms with Gasteiger partial charge in [-0.1, -0.05) is 15.9 Å². The zero-order chi connectivity index (χ0) is 10.2. The molecule has 0 aromatic heterocycles. The first-order valence-corrected chi connectivity index (χ1v) is 7.47. The molecule has 15 heavy (non-hydrogen) atoms. The number of unbranched alkanes of at least 4 members (excludes halogenated alkanes) is 1. The van der Waals surface area contributed by atoms with Crippen molar-refractivity contribution in [3.05, 3.63) is 0 Å². The van der Waals surface area contributed by atoms with Crippen LogP contribution in [0.4, 0.5) is 0 Å².